The first-order valence-corrected chi connectivity index (χ1v) is 14.9. The van der Waals surface area contributed by atoms with Crippen molar-refractivity contribution in [2.45, 2.75) is 50.6 Å². The van der Waals surface area contributed by atoms with Crippen molar-refractivity contribution in [2.75, 3.05) is 36.9 Å². The number of rotatable bonds is 9. The van der Waals surface area contributed by atoms with E-state index in [9.17, 15) is 9.90 Å². The lowest BCUT2D eigenvalue weighted by molar-refractivity contribution is 0.0747. The smallest absolute Gasteiger partial charge is 0.271 e. The lowest BCUT2D eigenvalue weighted by atomic mass is 9.71. The van der Waals surface area contributed by atoms with Crippen molar-refractivity contribution in [1.29, 1.82) is 0 Å². The highest BCUT2D eigenvalue weighted by Gasteiger charge is 2.44. The second-order valence-electron chi connectivity index (χ2n) is 12.0. The summed E-state index contributed by atoms with van der Waals surface area (Å²) in [6, 6.07) is 17.1. The SMILES string of the molecule is CC(C)n1[nH]c(=O)c2ccc(Nc3cc(N[C@H](CO)c4ccccc4)c(-c4nc(C56CCN(CC5)CC6)no4)cn3)cc21. The van der Waals surface area contributed by atoms with Crippen molar-refractivity contribution >= 4 is 28.1 Å². The topological polar surface area (TPSA) is 137 Å². The molecule has 11 heteroatoms. The van der Waals surface area contributed by atoms with E-state index in [1.54, 1.807) is 6.20 Å². The van der Waals surface area contributed by atoms with Gasteiger partial charge in [0.05, 0.1) is 34.8 Å². The normalized spacial score (nSPS) is 20.5. The molecular formula is C32H36N8O3. The second kappa shape index (κ2) is 11.0. The largest absolute Gasteiger partial charge is 0.394 e. The number of piperidine rings is 3. The molecule has 0 aliphatic carbocycles. The van der Waals surface area contributed by atoms with Gasteiger partial charge in [0.25, 0.3) is 11.4 Å². The predicted molar refractivity (Wildman–Crippen MR) is 166 cm³/mol. The molecule has 0 amide bonds. The average Bonchev–Trinajstić information content (AvgIpc) is 3.67. The molecule has 2 aromatic carbocycles. The van der Waals surface area contributed by atoms with E-state index in [0.29, 0.717) is 28.3 Å². The molecule has 0 saturated carbocycles. The van der Waals surface area contributed by atoms with Crippen molar-refractivity contribution in [3.05, 3.63) is 82.5 Å². The van der Waals surface area contributed by atoms with Crippen LogP contribution in [0.2, 0.25) is 0 Å². The number of fused-ring (bicyclic) bond motifs is 4. The van der Waals surface area contributed by atoms with Gasteiger partial charge in [-0.15, -0.1) is 0 Å². The fourth-order valence-electron chi connectivity index (χ4n) is 6.42. The third-order valence-electron chi connectivity index (χ3n) is 8.98. The van der Waals surface area contributed by atoms with Gasteiger partial charge >= 0.3 is 0 Å². The quantitative estimate of drug-likeness (QED) is 0.190. The summed E-state index contributed by atoms with van der Waals surface area (Å²) in [5, 5.41) is 25.2. The number of aliphatic hydroxyl groups excluding tert-OH is 1. The molecule has 3 aliphatic rings. The van der Waals surface area contributed by atoms with Crippen molar-refractivity contribution < 1.29 is 9.63 Å². The first-order chi connectivity index (χ1) is 20.9. The van der Waals surface area contributed by atoms with Crippen molar-refractivity contribution in [3.8, 4) is 11.5 Å². The zero-order valence-corrected chi connectivity index (χ0v) is 24.4. The van der Waals surface area contributed by atoms with Gasteiger partial charge in [-0.25, -0.2) is 4.98 Å². The Balaban J connectivity index is 1.25. The Morgan fingerprint density at radius 2 is 1.84 bits per heavy atom. The lowest BCUT2D eigenvalue weighted by Gasteiger charge is -2.46. The molecule has 3 saturated heterocycles. The van der Waals surface area contributed by atoms with E-state index in [-0.39, 0.29) is 29.7 Å². The fourth-order valence-corrected chi connectivity index (χ4v) is 6.42. The average molecular weight is 581 g/mol. The second-order valence-corrected chi connectivity index (χ2v) is 12.0. The first-order valence-electron chi connectivity index (χ1n) is 14.9. The zero-order chi connectivity index (χ0) is 29.6. The minimum Gasteiger partial charge on any atom is -0.394 e. The number of aromatic nitrogens is 5. The summed E-state index contributed by atoms with van der Waals surface area (Å²) in [7, 11) is 0. The monoisotopic (exact) mass is 580 g/mol. The van der Waals surface area contributed by atoms with Crippen molar-refractivity contribution in [3.63, 3.8) is 0 Å². The Hall–Kier alpha value is -4.48. The van der Waals surface area contributed by atoms with Crippen LogP contribution in [0.1, 0.15) is 56.6 Å². The maximum Gasteiger partial charge on any atom is 0.271 e. The molecule has 11 nitrogen and oxygen atoms in total. The van der Waals surface area contributed by atoms with E-state index in [2.05, 4.69) is 25.8 Å². The number of aliphatic hydroxyl groups is 1. The highest BCUT2D eigenvalue weighted by Crippen LogP contribution is 2.42. The highest BCUT2D eigenvalue weighted by atomic mass is 16.5. The van der Waals surface area contributed by atoms with Crippen LogP contribution in [0.5, 0.6) is 0 Å². The molecule has 0 unspecified atom stereocenters. The summed E-state index contributed by atoms with van der Waals surface area (Å²) < 4.78 is 7.74. The minimum atomic E-state index is -0.365. The van der Waals surface area contributed by atoms with Gasteiger partial charge in [-0.3, -0.25) is 14.6 Å². The molecular weight excluding hydrogens is 544 g/mol. The molecule has 3 aliphatic heterocycles. The molecule has 5 aromatic rings. The molecule has 3 fully saturated rings. The summed E-state index contributed by atoms with van der Waals surface area (Å²) >= 11 is 0. The summed E-state index contributed by atoms with van der Waals surface area (Å²) in [4.78, 5) is 24.5. The molecule has 4 N–H and O–H groups in total. The van der Waals surface area contributed by atoms with Gasteiger partial charge in [0.15, 0.2) is 5.82 Å². The molecule has 0 spiro atoms. The molecule has 1 atom stereocenters. The van der Waals surface area contributed by atoms with Crippen LogP contribution >= 0.6 is 0 Å². The Labute approximate surface area is 248 Å². The molecule has 8 rings (SSSR count). The Morgan fingerprint density at radius 3 is 2.56 bits per heavy atom. The van der Waals surface area contributed by atoms with E-state index in [1.807, 2.05) is 73.1 Å². The van der Waals surface area contributed by atoms with Crippen LogP contribution in [0.3, 0.4) is 0 Å². The van der Waals surface area contributed by atoms with Crippen LogP contribution in [0, 0.1) is 0 Å². The summed E-state index contributed by atoms with van der Waals surface area (Å²) in [6.45, 7) is 7.14. The Morgan fingerprint density at radius 1 is 1.07 bits per heavy atom. The maximum absolute atomic E-state index is 12.4. The molecule has 0 radical (unpaired) electrons. The van der Waals surface area contributed by atoms with Gasteiger partial charge in [-0.05, 0) is 76.5 Å². The van der Waals surface area contributed by atoms with E-state index < -0.39 is 0 Å². The van der Waals surface area contributed by atoms with E-state index >= 15 is 0 Å². The number of aromatic amines is 1. The number of nitrogens with one attached hydrogen (secondary N) is 3. The highest BCUT2D eigenvalue weighted by molar-refractivity contribution is 5.84. The minimum absolute atomic E-state index is 0.0373. The van der Waals surface area contributed by atoms with E-state index in [4.69, 9.17) is 14.5 Å². The first kappa shape index (κ1) is 27.4. The van der Waals surface area contributed by atoms with Crippen LogP contribution in [0.25, 0.3) is 22.4 Å². The number of benzene rings is 2. The predicted octanol–water partition coefficient (Wildman–Crippen LogP) is 4.98. The number of pyridine rings is 1. The van der Waals surface area contributed by atoms with Crippen molar-refractivity contribution in [2.24, 2.45) is 0 Å². The standard InChI is InChI=1S/C32H36N8O3/c1-20(2)40-27-16-22(8-9-23(27)29(42)37-40)34-28-17-25(35-26(19-41)21-6-4-3-5-7-21)24(18-33-28)30-36-31(38-43-30)32-10-13-39(14-11-32)15-12-32/h3-9,16-18,20,26,41H,10-15,19H2,1-2H3,(H,37,42)(H2,33,34,35)/t26-/m1/s1. The number of nitrogens with zero attached hydrogens (tertiary/aromatic N) is 5. The van der Waals surface area contributed by atoms with Crippen molar-refractivity contribution in [1.82, 2.24) is 29.8 Å². The molecule has 43 heavy (non-hydrogen) atoms. The molecule has 6 heterocycles. The molecule has 3 aromatic heterocycles. The van der Waals surface area contributed by atoms with Crippen LogP contribution < -0.4 is 16.2 Å². The maximum atomic E-state index is 12.4. The fraction of sp³-hybridized carbons (Fsp3) is 0.375. The zero-order valence-electron chi connectivity index (χ0n) is 24.4. The number of hydrogen-bond acceptors (Lipinski definition) is 9. The number of H-pyrrole nitrogens is 1. The Bertz CT molecular complexity index is 1790. The van der Waals surface area contributed by atoms with Crippen LogP contribution in [0.4, 0.5) is 17.2 Å². The van der Waals surface area contributed by atoms with Gasteiger partial charge in [0, 0.05) is 29.4 Å². The summed E-state index contributed by atoms with van der Waals surface area (Å²) in [5.41, 5.74) is 3.77. The third-order valence-corrected chi connectivity index (χ3v) is 8.98. The van der Waals surface area contributed by atoms with Crippen LogP contribution in [-0.2, 0) is 5.41 Å². The van der Waals surface area contributed by atoms with Gasteiger partial charge in [-0.1, -0.05) is 35.5 Å². The van der Waals surface area contributed by atoms with E-state index in [0.717, 1.165) is 61.5 Å². The molecule has 222 valence electrons. The van der Waals surface area contributed by atoms with Crippen LogP contribution in [-0.4, -0.2) is 61.2 Å². The number of hydrogen-bond donors (Lipinski definition) is 4. The van der Waals surface area contributed by atoms with Crippen LogP contribution in [0.15, 0.2) is 70.1 Å². The summed E-state index contributed by atoms with van der Waals surface area (Å²) in [5.74, 6) is 1.76. The van der Waals surface area contributed by atoms with Gasteiger partial charge in [-0.2, -0.15) is 4.98 Å². The summed E-state index contributed by atoms with van der Waals surface area (Å²) in [6.07, 6.45) is 4.83. The van der Waals surface area contributed by atoms with E-state index in [1.165, 1.54) is 0 Å². The lowest BCUT2D eigenvalue weighted by Crippen LogP contribution is -2.51. The Kier molecular flexibility index (Phi) is 6.98. The molecule has 2 bridgehead atoms. The van der Waals surface area contributed by atoms with Gasteiger partial charge in [0.2, 0.25) is 0 Å². The number of anilines is 3. The third kappa shape index (κ3) is 5.08. The van der Waals surface area contributed by atoms with Gasteiger partial charge in [0.1, 0.15) is 5.82 Å². The van der Waals surface area contributed by atoms with Gasteiger partial charge < -0.3 is 25.2 Å².